The number of fused-ring (bicyclic) bond motifs is 1. The van der Waals surface area contributed by atoms with Crippen LogP contribution in [0.1, 0.15) is 19.4 Å². The van der Waals surface area contributed by atoms with Gasteiger partial charge < -0.3 is 20.2 Å². The van der Waals surface area contributed by atoms with Crippen molar-refractivity contribution in [2.75, 3.05) is 23.3 Å². The number of nitrogens with one attached hydrogen (secondary N) is 3. The van der Waals surface area contributed by atoms with Crippen LogP contribution in [0.5, 0.6) is 0 Å². The number of anilines is 2. The lowest BCUT2D eigenvalue weighted by atomic mass is 10.1. The van der Waals surface area contributed by atoms with Crippen LogP contribution < -0.4 is 15.9 Å². The molecule has 25 heavy (non-hydrogen) atoms. The van der Waals surface area contributed by atoms with Gasteiger partial charge in [-0.25, -0.2) is 4.79 Å². The summed E-state index contributed by atoms with van der Waals surface area (Å²) in [6.07, 6.45) is 0.306. The van der Waals surface area contributed by atoms with E-state index in [1.807, 2.05) is 42.5 Å². The number of hydrogen-bond donors (Lipinski definition) is 3. The molecule has 0 fully saturated rings. The molecule has 1 aromatic heterocycles. The Morgan fingerprint density at radius 1 is 1.04 bits per heavy atom. The first-order valence-corrected chi connectivity index (χ1v) is 8.45. The fraction of sp³-hybridized carbons (Fsp3) is 0.263. The first-order chi connectivity index (χ1) is 12.1. The lowest BCUT2D eigenvalue weighted by Gasteiger charge is -2.24. The van der Waals surface area contributed by atoms with E-state index in [0.717, 1.165) is 29.9 Å². The largest absolute Gasteiger partial charge is 0.370 e. The number of aromatic nitrogens is 2. The van der Waals surface area contributed by atoms with Gasteiger partial charge in [-0.1, -0.05) is 30.3 Å². The van der Waals surface area contributed by atoms with Crippen LogP contribution in [-0.2, 0) is 11.2 Å². The molecule has 0 radical (unpaired) electrons. The molecule has 130 valence electrons. The van der Waals surface area contributed by atoms with Crippen molar-refractivity contribution in [2.24, 2.45) is 0 Å². The van der Waals surface area contributed by atoms with Gasteiger partial charge >= 0.3 is 5.69 Å². The Morgan fingerprint density at radius 3 is 2.32 bits per heavy atom. The summed E-state index contributed by atoms with van der Waals surface area (Å²) in [5.74, 6) is -0.0863. The summed E-state index contributed by atoms with van der Waals surface area (Å²) < 4.78 is 0. The molecule has 1 amide bonds. The van der Waals surface area contributed by atoms with Crippen molar-refractivity contribution >= 4 is 28.3 Å². The van der Waals surface area contributed by atoms with Crippen molar-refractivity contribution in [3.63, 3.8) is 0 Å². The minimum Gasteiger partial charge on any atom is -0.370 e. The molecular formula is C19H22N4O2. The van der Waals surface area contributed by atoms with Crippen LogP contribution >= 0.6 is 0 Å². The van der Waals surface area contributed by atoms with E-state index in [4.69, 9.17) is 0 Å². The van der Waals surface area contributed by atoms with Gasteiger partial charge in [0.1, 0.15) is 0 Å². The number of amides is 1. The van der Waals surface area contributed by atoms with Crippen LogP contribution in [-0.4, -0.2) is 29.0 Å². The van der Waals surface area contributed by atoms with Gasteiger partial charge in [-0.15, -0.1) is 0 Å². The second-order valence-corrected chi connectivity index (χ2v) is 5.88. The third-order valence-electron chi connectivity index (χ3n) is 4.22. The van der Waals surface area contributed by atoms with Gasteiger partial charge in [0.2, 0.25) is 5.91 Å². The third kappa shape index (κ3) is 3.74. The molecule has 1 heterocycles. The van der Waals surface area contributed by atoms with E-state index in [2.05, 4.69) is 34.0 Å². The van der Waals surface area contributed by atoms with E-state index in [-0.39, 0.29) is 11.6 Å². The fourth-order valence-corrected chi connectivity index (χ4v) is 2.97. The van der Waals surface area contributed by atoms with E-state index >= 15 is 0 Å². The standard InChI is InChI=1S/C19H22N4O2/c1-3-23(4-2)17-12-15-14(21-19(25)22-15)11-16(17)20-18(24)10-13-8-6-5-7-9-13/h5-9,11-12H,3-4,10H2,1-2H3,(H,20,24)(H2,21,22,25). The lowest BCUT2D eigenvalue weighted by Crippen LogP contribution is -2.24. The zero-order valence-electron chi connectivity index (χ0n) is 14.4. The number of hydrogen-bond acceptors (Lipinski definition) is 3. The van der Waals surface area contributed by atoms with Gasteiger partial charge in [0.25, 0.3) is 0 Å². The molecular weight excluding hydrogens is 316 g/mol. The van der Waals surface area contributed by atoms with Gasteiger partial charge in [0.05, 0.1) is 28.8 Å². The molecule has 0 bridgehead atoms. The molecule has 0 saturated carbocycles. The molecule has 0 spiro atoms. The number of imidazole rings is 1. The summed E-state index contributed by atoms with van der Waals surface area (Å²) in [6.45, 7) is 5.72. The summed E-state index contributed by atoms with van der Waals surface area (Å²) in [5, 5.41) is 2.99. The fourth-order valence-electron chi connectivity index (χ4n) is 2.97. The van der Waals surface area contributed by atoms with Crippen LogP contribution in [0, 0.1) is 0 Å². The molecule has 0 saturated heterocycles. The molecule has 2 aromatic carbocycles. The molecule has 6 nitrogen and oxygen atoms in total. The average molecular weight is 338 g/mol. The van der Waals surface area contributed by atoms with Crippen LogP contribution in [0.2, 0.25) is 0 Å². The maximum atomic E-state index is 12.5. The molecule has 6 heteroatoms. The number of H-pyrrole nitrogens is 2. The summed E-state index contributed by atoms with van der Waals surface area (Å²) in [4.78, 5) is 31.7. The molecule has 3 aromatic rings. The topological polar surface area (TPSA) is 81.0 Å². The van der Waals surface area contributed by atoms with Crippen LogP contribution in [0.15, 0.2) is 47.3 Å². The Balaban J connectivity index is 1.93. The quantitative estimate of drug-likeness (QED) is 0.646. The third-order valence-corrected chi connectivity index (χ3v) is 4.22. The molecule has 0 aliphatic heterocycles. The lowest BCUT2D eigenvalue weighted by molar-refractivity contribution is -0.115. The highest BCUT2D eigenvalue weighted by Gasteiger charge is 2.14. The molecule has 3 rings (SSSR count). The van der Waals surface area contributed by atoms with Crippen molar-refractivity contribution in [3.05, 3.63) is 58.5 Å². The Hall–Kier alpha value is -3.02. The number of benzene rings is 2. The number of aromatic amines is 2. The van der Waals surface area contributed by atoms with Gasteiger partial charge in [-0.2, -0.15) is 0 Å². The minimum absolute atomic E-state index is 0.0863. The molecule has 0 aliphatic carbocycles. The van der Waals surface area contributed by atoms with E-state index in [1.54, 1.807) is 0 Å². The summed E-state index contributed by atoms with van der Waals surface area (Å²) >= 11 is 0. The molecule has 0 aliphatic rings. The summed E-state index contributed by atoms with van der Waals surface area (Å²) in [5.41, 5.74) is 3.71. The SMILES string of the molecule is CCN(CC)c1cc2[nH]c(=O)[nH]c2cc1NC(=O)Cc1ccccc1. The zero-order valence-corrected chi connectivity index (χ0v) is 14.4. The van der Waals surface area contributed by atoms with E-state index in [9.17, 15) is 9.59 Å². The number of rotatable bonds is 6. The van der Waals surface area contributed by atoms with Crippen molar-refractivity contribution < 1.29 is 4.79 Å². The Bertz CT molecular complexity index is 923. The van der Waals surface area contributed by atoms with Crippen molar-refractivity contribution in [1.29, 1.82) is 0 Å². The number of nitrogens with zero attached hydrogens (tertiary/aromatic N) is 1. The van der Waals surface area contributed by atoms with Gasteiger partial charge in [0, 0.05) is 13.1 Å². The predicted octanol–water partition coefficient (Wildman–Crippen LogP) is 2.88. The predicted molar refractivity (Wildman–Crippen MR) is 101 cm³/mol. The monoisotopic (exact) mass is 338 g/mol. The van der Waals surface area contributed by atoms with Crippen molar-refractivity contribution in [1.82, 2.24) is 9.97 Å². The van der Waals surface area contributed by atoms with Gasteiger partial charge in [-0.05, 0) is 31.5 Å². The highest BCUT2D eigenvalue weighted by molar-refractivity contribution is 5.99. The maximum absolute atomic E-state index is 12.5. The molecule has 3 N–H and O–H groups in total. The molecule has 0 unspecified atom stereocenters. The Morgan fingerprint density at radius 2 is 1.68 bits per heavy atom. The van der Waals surface area contributed by atoms with Crippen molar-refractivity contribution in [2.45, 2.75) is 20.3 Å². The van der Waals surface area contributed by atoms with E-state index < -0.39 is 0 Å². The van der Waals surface area contributed by atoms with Gasteiger partial charge in [-0.3, -0.25) is 4.79 Å². The highest BCUT2D eigenvalue weighted by Crippen LogP contribution is 2.30. The first kappa shape index (κ1) is 16.8. The van der Waals surface area contributed by atoms with E-state index in [0.29, 0.717) is 17.6 Å². The zero-order chi connectivity index (χ0) is 17.8. The summed E-state index contributed by atoms with van der Waals surface area (Å²) in [7, 11) is 0. The van der Waals surface area contributed by atoms with Gasteiger partial charge in [0.15, 0.2) is 0 Å². The minimum atomic E-state index is -0.256. The average Bonchev–Trinajstić information content (AvgIpc) is 2.96. The number of carbonyl (C=O) groups excluding carboxylic acids is 1. The smallest absolute Gasteiger partial charge is 0.323 e. The number of carbonyl (C=O) groups is 1. The van der Waals surface area contributed by atoms with Crippen LogP contribution in [0.4, 0.5) is 11.4 Å². The summed E-state index contributed by atoms with van der Waals surface area (Å²) in [6, 6.07) is 13.3. The van der Waals surface area contributed by atoms with Crippen LogP contribution in [0.25, 0.3) is 11.0 Å². The highest BCUT2D eigenvalue weighted by atomic mass is 16.1. The second kappa shape index (κ2) is 7.25. The maximum Gasteiger partial charge on any atom is 0.323 e. The van der Waals surface area contributed by atoms with Crippen molar-refractivity contribution in [3.8, 4) is 0 Å². The first-order valence-electron chi connectivity index (χ1n) is 8.45. The molecule has 0 atom stereocenters. The van der Waals surface area contributed by atoms with E-state index in [1.165, 1.54) is 0 Å². The Labute approximate surface area is 145 Å². The normalized spacial score (nSPS) is 10.8. The second-order valence-electron chi connectivity index (χ2n) is 5.88. The Kier molecular flexibility index (Phi) is 4.88. The van der Waals surface area contributed by atoms with Crippen LogP contribution in [0.3, 0.4) is 0 Å².